The second-order valence-electron chi connectivity index (χ2n) is 8.85. The van der Waals surface area contributed by atoms with Crippen LogP contribution in [0, 0.1) is 17.3 Å². The zero-order valence-corrected chi connectivity index (χ0v) is 15.5. The summed E-state index contributed by atoms with van der Waals surface area (Å²) in [6, 6.07) is 3.89. The minimum absolute atomic E-state index is 0.0325. The van der Waals surface area contributed by atoms with Crippen LogP contribution in [0.3, 0.4) is 0 Å². The van der Waals surface area contributed by atoms with Gasteiger partial charge in [-0.05, 0) is 75.3 Å². The van der Waals surface area contributed by atoms with Crippen molar-refractivity contribution in [2.75, 3.05) is 0 Å². The van der Waals surface area contributed by atoms with Crippen LogP contribution >= 0.6 is 0 Å². The van der Waals surface area contributed by atoms with Gasteiger partial charge in [0.05, 0.1) is 0 Å². The first-order chi connectivity index (χ1) is 11.4. The van der Waals surface area contributed by atoms with Gasteiger partial charge in [0, 0.05) is 11.5 Å². The first-order valence-electron chi connectivity index (χ1n) is 9.54. The molecular formula is C22H30O2. The third kappa shape index (κ3) is 2.22. The third-order valence-electron chi connectivity index (χ3n) is 7.07. The van der Waals surface area contributed by atoms with Gasteiger partial charge in [0.25, 0.3) is 0 Å². The van der Waals surface area contributed by atoms with Gasteiger partial charge >= 0.3 is 0 Å². The fraction of sp³-hybridized carbons (Fsp3) is 0.636. The van der Waals surface area contributed by atoms with Crippen molar-refractivity contribution in [3.05, 3.63) is 34.9 Å². The predicted molar refractivity (Wildman–Crippen MR) is 97.5 cm³/mol. The largest absolute Gasteiger partial charge is 0.508 e. The number of phenols is 1. The second kappa shape index (κ2) is 5.28. The van der Waals surface area contributed by atoms with Gasteiger partial charge in [-0.1, -0.05) is 31.6 Å². The van der Waals surface area contributed by atoms with Crippen molar-refractivity contribution in [1.29, 1.82) is 0 Å². The van der Waals surface area contributed by atoms with Gasteiger partial charge in [-0.2, -0.15) is 0 Å². The molecule has 2 fully saturated rings. The van der Waals surface area contributed by atoms with Crippen molar-refractivity contribution < 1.29 is 9.84 Å². The minimum Gasteiger partial charge on any atom is -0.508 e. The normalized spacial score (nSPS) is 33.1. The van der Waals surface area contributed by atoms with E-state index in [9.17, 15) is 5.11 Å². The first-order valence-corrected chi connectivity index (χ1v) is 9.54. The van der Waals surface area contributed by atoms with Crippen LogP contribution < -0.4 is 4.74 Å². The number of fused-ring (bicyclic) bond motifs is 3. The molecule has 0 radical (unpaired) electrons. The molecule has 0 bridgehead atoms. The molecular weight excluding hydrogens is 296 g/mol. The zero-order chi connectivity index (χ0) is 17.1. The molecule has 2 nitrogen and oxygen atoms in total. The number of rotatable bonds is 3. The molecule has 0 amide bonds. The molecule has 1 aromatic rings. The van der Waals surface area contributed by atoms with E-state index in [0.717, 1.165) is 42.4 Å². The molecule has 24 heavy (non-hydrogen) atoms. The molecule has 0 aromatic heterocycles. The van der Waals surface area contributed by atoms with E-state index in [1.54, 1.807) is 0 Å². The molecule has 3 aliphatic rings. The molecule has 1 heterocycles. The number of hydrogen-bond donors (Lipinski definition) is 1. The van der Waals surface area contributed by atoms with Crippen molar-refractivity contribution in [2.45, 2.75) is 71.8 Å². The van der Waals surface area contributed by atoms with E-state index in [1.165, 1.54) is 30.4 Å². The molecule has 1 spiro atoms. The van der Waals surface area contributed by atoms with Crippen LogP contribution in [0.1, 0.15) is 64.5 Å². The molecule has 130 valence electrons. The summed E-state index contributed by atoms with van der Waals surface area (Å²) in [5.41, 5.74) is 4.15. The maximum atomic E-state index is 10.3. The molecule has 2 aliphatic carbocycles. The Morgan fingerprint density at radius 2 is 2.08 bits per heavy atom. The fourth-order valence-electron chi connectivity index (χ4n) is 5.37. The third-order valence-corrected chi connectivity index (χ3v) is 7.07. The molecule has 2 saturated carbocycles. The SMILES string of the molecule is CC(C)=CCc1ccc(O)c2c1O[C@@]1(CC2)CC[C@@]2(C(C)C)C[C@@H]12. The van der Waals surface area contributed by atoms with Crippen molar-refractivity contribution in [3.8, 4) is 11.5 Å². The van der Waals surface area contributed by atoms with Crippen molar-refractivity contribution in [2.24, 2.45) is 17.3 Å². The zero-order valence-electron chi connectivity index (χ0n) is 15.5. The quantitative estimate of drug-likeness (QED) is 0.751. The highest BCUT2D eigenvalue weighted by Crippen LogP contribution is 2.73. The Hall–Kier alpha value is -1.44. The van der Waals surface area contributed by atoms with E-state index in [1.807, 2.05) is 12.1 Å². The van der Waals surface area contributed by atoms with Gasteiger partial charge < -0.3 is 9.84 Å². The van der Waals surface area contributed by atoms with Crippen LogP contribution in [-0.2, 0) is 12.8 Å². The summed E-state index contributed by atoms with van der Waals surface area (Å²) in [7, 11) is 0. The van der Waals surface area contributed by atoms with Crippen molar-refractivity contribution in [1.82, 2.24) is 0 Å². The first kappa shape index (κ1) is 16.1. The van der Waals surface area contributed by atoms with Crippen LogP contribution in [0.25, 0.3) is 0 Å². The lowest BCUT2D eigenvalue weighted by Gasteiger charge is -2.38. The van der Waals surface area contributed by atoms with Crippen LogP contribution in [0.15, 0.2) is 23.8 Å². The van der Waals surface area contributed by atoms with Crippen LogP contribution in [-0.4, -0.2) is 10.7 Å². The van der Waals surface area contributed by atoms with E-state index in [2.05, 4.69) is 33.8 Å². The molecule has 0 unspecified atom stereocenters. The Balaban J connectivity index is 1.68. The molecule has 1 aliphatic heterocycles. The number of phenolic OH excluding ortho intramolecular Hbond substituents is 1. The number of hydrogen-bond acceptors (Lipinski definition) is 2. The van der Waals surface area contributed by atoms with E-state index >= 15 is 0 Å². The molecule has 1 N–H and O–H groups in total. The Morgan fingerprint density at radius 1 is 1.29 bits per heavy atom. The van der Waals surface area contributed by atoms with E-state index in [-0.39, 0.29) is 5.60 Å². The summed E-state index contributed by atoms with van der Waals surface area (Å²) in [4.78, 5) is 0. The summed E-state index contributed by atoms with van der Waals surface area (Å²) in [6.45, 7) is 9.02. The van der Waals surface area contributed by atoms with Gasteiger partial charge in [0.15, 0.2) is 0 Å². The van der Waals surface area contributed by atoms with Crippen LogP contribution in [0.4, 0.5) is 0 Å². The Morgan fingerprint density at radius 3 is 2.71 bits per heavy atom. The average molecular weight is 326 g/mol. The molecule has 1 aromatic carbocycles. The highest BCUT2D eigenvalue weighted by atomic mass is 16.5. The summed E-state index contributed by atoms with van der Waals surface area (Å²) >= 11 is 0. The van der Waals surface area contributed by atoms with Crippen LogP contribution in [0.5, 0.6) is 11.5 Å². The van der Waals surface area contributed by atoms with E-state index in [0.29, 0.717) is 11.2 Å². The van der Waals surface area contributed by atoms with Gasteiger partial charge in [0.1, 0.15) is 17.1 Å². The lowest BCUT2D eigenvalue weighted by atomic mass is 9.85. The molecule has 3 atom stereocenters. The summed E-state index contributed by atoms with van der Waals surface area (Å²) in [6.07, 6.45) is 9.00. The summed E-state index contributed by atoms with van der Waals surface area (Å²) in [5.74, 6) is 2.87. The highest BCUT2D eigenvalue weighted by Gasteiger charge is 2.70. The number of ether oxygens (including phenoxy) is 1. The fourth-order valence-corrected chi connectivity index (χ4v) is 5.37. The van der Waals surface area contributed by atoms with Gasteiger partial charge in [-0.15, -0.1) is 0 Å². The Labute approximate surface area is 145 Å². The topological polar surface area (TPSA) is 29.5 Å². The van der Waals surface area contributed by atoms with E-state index in [4.69, 9.17) is 4.74 Å². The Bertz CT molecular complexity index is 698. The van der Waals surface area contributed by atoms with Gasteiger partial charge in [-0.3, -0.25) is 0 Å². The summed E-state index contributed by atoms with van der Waals surface area (Å²) in [5, 5.41) is 10.3. The molecule has 4 rings (SSSR count). The number of benzene rings is 1. The van der Waals surface area contributed by atoms with Crippen molar-refractivity contribution >= 4 is 0 Å². The minimum atomic E-state index is 0.0325. The number of allylic oxidation sites excluding steroid dienone is 2. The maximum absolute atomic E-state index is 10.3. The smallest absolute Gasteiger partial charge is 0.130 e. The summed E-state index contributed by atoms with van der Waals surface area (Å²) < 4.78 is 6.76. The standard InChI is InChI=1S/C22H30O2/c1-14(2)5-6-16-7-8-18(23)17-9-10-22(24-20(16)17)12-11-21(15(3)4)13-19(21)22/h5,7-8,15,19,23H,6,9-13H2,1-4H3/t19-,21+,22+/m1/s1. The van der Waals surface area contributed by atoms with Crippen LogP contribution in [0.2, 0.25) is 0 Å². The lowest BCUT2D eigenvalue weighted by molar-refractivity contribution is 0.0277. The monoisotopic (exact) mass is 326 g/mol. The number of aromatic hydroxyl groups is 1. The lowest BCUT2D eigenvalue weighted by Crippen LogP contribution is -2.40. The van der Waals surface area contributed by atoms with Gasteiger partial charge in [-0.25, -0.2) is 0 Å². The van der Waals surface area contributed by atoms with E-state index < -0.39 is 0 Å². The highest BCUT2D eigenvalue weighted by molar-refractivity contribution is 5.52. The molecule has 0 saturated heterocycles. The molecule has 2 heteroatoms. The second-order valence-corrected chi connectivity index (χ2v) is 8.85. The Kier molecular flexibility index (Phi) is 3.53. The van der Waals surface area contributed by atoms with Gasteiger partial charge in [0.2, 0.25) is 0 Å². The maximum Gasteiger partial charge on any atom is 0.130 e. The average Bonchev–Trinajstić information content (AvgIpc) is 3.23. The van der Waals surface area contributed by atoms with Crippen molar-refractivity contribution in [3.63, 3.8) is 0 Å². The predicted octanol–water partition coefficient (Wildman–Crippen LogP) is 5.42.